The Bertz CT molecular complexity index is 897. The molecule has 0 amide bonds. The molecule has 3 aromatic rings. The van der Waals surface area contributed by atoms with Crippen molar-refractivity contribution in [2.24, 2.45) is 0 Å². The lowest BCUT2D eigenvalue weighted by molar-refractivity contribution is -0.141. The molecule has 23 heavy (non-hydrogen) atoms. The summed E-state index contributed by atoms with van der Waals surface area (Å²) in [6.07, 6.45) is -2.90. The highest BCUT2D eigenvalue weighted by Crippen LogP contribution is 2.32. The highest BCUT2D eigenvalue weighted by atomic mass is 32.1. The van der Waals surface area contributed by atoms with Crippen molar-refractivity contribution in [3.05, 3.63) is 47.1 Å². The van der Waals surface area contributed by atoms with Crippen molar-refractivity contribution in [1.82, 2.24) is 15.2 Å². The minimum Gasteiger partial charge on any atom is -0.273 e. The number of H-pyrrole nitrogens is 1. The number of halogens is 3. The van der Waals surface area contributed by atoms with Crippen molar-refractivity contribution in [3.8, 4) is 33.7 Å². The largest absolute Gasteiger partial charge is 0.432 e. The number of nitrogens with zero attached hydrogens (tertiary/aromatic N) is 2. The summed E-state index contributed by atoms with van der Waals surface area (Å²) in [7, 11) is 0. The second-order valence-electron chi connectivity index (χ2n) is 4.63. The van der Waals surface area contributed by atoms with Crippen LogP contribution in [0.5, 0.6) is 0 Å². The fourth-order valence-electron chi connectivity index (χ4n) is 2.01. The Kier molecular flexibility index (Phi) is 3.92. The highest BCUT2D eigenvalue weighted by Gasteiger charge is 2.33. The summed E-state index contributed by atoms with van der Waals surface area (Å²) in [5, 5.41) is 5.69. The molecule has 116 valence electrons. The maximum Gasteiger partial charge on any atom is 0.432 e. The van der Waals surface area contributed by atoms with Crippen molar-refractivity contribution in [2.45, 2.75) is 13.1 Å². The summed E-state index contributed by atoms with van der Waals surface area (Å²) in [5.74, 6) is 5.80. The van der Waals surface area contributed by atoms with Gasteiger partial charge in [-0.05, 0) is 42.8 Å². The van der Waals surface area contributed by atoms with Gasteiger partial charge in [0.25, 0.3) is 0 Å². The van der Waals surface area contributed by atoms with E-state index in [1.165, 1.54) is 11.3 Å². The maximum absolute atomic E-state index is 12.6. The number of aromatic nitrogens is 3. The molecule has 3 heterocycles. The van der Waals surface area contributed by atoms with Gasteiger partial charge in [-0.15, -0.1) is 17.3 Å². The molecule has 7 heteroatoms. The number of hydrogen-bond acceptors (Lipinski definition) is 3. The van der Waals surface area contributed by atoms with Gasteiger partial charge in [0, 0.05) is 11.1 Å². The molecular weight excluding hydrogens is 323 g/mol. The van der Waals surface area contributed by atoms with Crippen LogP contribution in [-0.2, 0) is 6.18 Å². The van der Waals surface area contributed by atoms with Crippen molar-refractivity contribution in [1.29, 1.82) is 0 Å². The van der Waals surface area contributed by atoms with E-state index < -0.39 is 11.9 Å². The Balaban J connectivity index is 1.95. The molecular formula is C16H10F3N3S. The Morgan fingerprint density at radius 3 is 2.65 bits per heavy atom. The fraction of sp³-hybridized carbons (Fsp3) is 0.125. The zero-order chi connectivity index (χ0) is 16.4. The van der Waals surface area contributed by atoms with Crippen LogP contribution in [0.1, 0.15) is 17.5 Å². The van der Waals surface area contributed by atoms with E-state index in [9.17, 15) is 13.2 Å². The van der Waals surface area contributed by atoms with Crippen LogP contribution < -0.4 is 0 Å². The summed E-state index contributed by atoms with van der Waals surface area (Å²) < 4.78 is 37.9. The van der Waals surface area contributed by atoms with Gasteiger partial charge in [-0.1, -0.05) is 5.92 Å². The minimum atomic E-state index is -4.45. The number of pyridine rings is 1. The van der Waals surface area contributed by atoms with E-state index in [-0.39, 0.29) is 5.69 Å². The molecule has 0 spiro atoms. The third kappa shape index (κ3) is 3.27. The van der Waals surface area contributed by atoms with E-state index in [0.717, 1.165) is 21.4 Å². The average Bonchev–Trinajstić information content (AvgIpc) is 3.16. The Morgan fingerprint density at radius 1 is 1.13 bits per heavy atom. The zero-order valence-electron chi connectivity index (χ0n) is 11.9. The standard InChI is InChI=1S/C16H10F3N3S/c1-2-3-11-4-5-14(23-11)10-6-7-20-12(8-10)13-9-15(22-21-13)16(17,18)19/h4-9H,1H3,(H,21,22). The molecule has 1 N–H and O–H groups in total. The molecule has 0 radical (unpaired) electrons. The molecule has 0 aliphatic heterocycles. The number of rotatable bonds is 2. The lowest BCUT2D eigenvalue weighted by atomic mass is 10.1. The first kappa shape index (κ1) is 15.3. The van der Waals surface area contributed by atoms with Crippen LogP contribution in [0.25, 0.3) is 21.8 Å². The van der Waals surface area contributed by atoms with E-state index in [4.69, 9.17) is 0 Å². The van der Waals surface area contributed by atoms with Crippen LogP contribution in [0.15, 0.2) is 36.5 Å². The number of alkyl halides is 3. The molecule has 3 nitrogen and oxygen atoms in total. The molecule has 3 rings (SSSR count). The first-order chi connectivity index (χ1) is 11.0. The number of thiophene rings is 1. The molecule has 0 saturated heterocycles. The molecule has 0 aliphatic carbocycles. The maximum atomic E-state index is 12.6. The minimum absolute atomic E-state index is 0.157. The van der Waals surface area contributed by atoms with E-state index in [1.807, 2.05) is 17.2 Å². The van der Waals surface area contributed by atoms with Gasteiger partial charge in [-0.3, -0.25) is 10.1 Å². The van der Waals surface area contributed by atoms with Crippen LogP contribution in [0.3, 0.4) is 0 Å². The predicted octanol–water partition coefficient (Wildman–Crippen LogP) is 4.59. The highest BCUT2D eigenvalue weighted by molar-refractivity contribution is 7.16. The second kappa shape index (κ2) is 5.89. The van der Waals surface area contributed by atoms with Crippen LogP contribution in [0.2, 0.25) is 0 Å². The fourth-order valence-corrected chi connectivity index (χ4v) is 2.91. The smallest absolute Gasteiger partial charge is 0.273 e. The van der Waals surface area contributed by atoms with E-state index in [2.05, 4.69) is 21.9 Å². The van der Waals surface area contributed by atoms with Crippen LogP contribution in [-0.4, -0.2) is 15.2 Å². The molecule has 0 aliphatic rings. The van der Waals surface area contributed by atoms with E-state index in [1.54, 1.807) is 25.3 Å². The van der Waals surface area contributed by atoms with E-state index in [0.29, 0.717) is 5.69 Å². The summed E-state index contributed by atoms with van der Waals surface area (Å²) in [4.78, 5) is 6.00. The molecule has 0 fully saturated rings. The summed E-state index contributed by atoms with van der Waals surface area (Å²) in [6, 6.07) is 8.30. The molecule has 0 bridgehead atoms. The number of hydrogen-bond donors (Lipinski definition) is 1. The third-order valence-corrected chi connectivity index (χ3v) is 4.09. The van der Waals surface area contributed by atoms with Gasteiger partial charge in [-0.25, -0.2) is 0 Å². The van der Waals surface area contributed by atoms with Crippen LogP contribution in [0.4, 0.5) is 13.2 Å². The molecule has 0 saturated carbocycles. The molecule has 3 aromatic heterocycles. The molecule has 0 unspecified atom stereocenters. The molecule has 0 atom stereocenters. The Morgan fingerprint density at radius 2 is 1.96 bits per heavy atom. The van der Waals surface area contributed by atoms with Crippen molar-refractivity contribution in [3.63, 3.8) is 0 Å². The van der Waals surface area contributed by atoms with Gasteiger partial charge in [0.1, 0.15) is 11.4 Å². The van der Waals surface area contributed by atoms with Crippen molar-refractivity contribution >= 4 is 11.3 Å². The normalized spacial score (nSPS) is 11.1. The third-order valence-electron chi connectivity index (χ3n) is 3.04. The van der Waals surface area contributed by atoms with Gasteiger partial charge < -0.3 is 0 Å². The van der Waals surface area contributed by atoms with Gasteiger partial charge in [0.05, 0.1) is 10.6 Å². The SMILES string of the molecule is CC#Cc1ccc(-c2ccnc(-c3cc(C(F)(F)F)[nH]n3)c2)s1. The van der Waals surface area contributed by atoms with Gasteiger partial charge in [0.2, 0.25) is 0 Å². The topological polar surface area (TPSA) is 41.6 Å². The number of aromatic amines is 1. The summed E-state index contributed by atoms with van der Waals surface area (Å²) in [5.41, 5.74) is 0.507. The first-order valence-electron chi connectivity index (χ1n) is 6.59. The zero-order valence-corrected chi connectivity index (χ0v) is 12.7. The Labute approximate surface area is 134 Å². The predicted molar refractivity (Wildman–Crippen MR) is 82.7 cm³/mol. The van der Waals surface area contributed by atoms with Gasteiger partial charge >= 0.3 is 6.18 Å². The van der Waals surface area contributed by atoms with Crippen molar-refractivity contribution in [2.75, 3.05) is 0 Å². The number of nitrogens with one attached hydrogen (secondary N) is 1. The average molecular weight is 333 g/mol. The monoisotopic (exact) mass is 333 g/mol. The lowest BCUT2D eigenvalue weighted by Gasteiger charge is -2.01. The lowest BCUT2D eigenvalue weighted by Crippen LogP contribution is -2.04. The summed E-state index contributed by atoms with van der Waals surface area (Å²) in [6.45, 7) is 1.76. The van der Waals surface area contributed by atoms with Gasteiger partial charge in [-0.2, -0.15) is 18.3 Å². The Hall–Kier alpha value is -2.59. The van der Waals surface area contributed by atoms with Crippen molar-refractivity contribution < 1.29 is 13.2 Å². The van der Waals surface area contributed by atoms with E-state index >= 15 is 0 Å². The first-order valence-corrected chi connectivity index (χ1v) is 7.41. The second-order valence-corrected chi connectivity index (χ2v) is 5.72. The molecule has 0 aromatic carbocycles. The summed E-state index contributed by atoms with van der Waals surface area (Å²) >= 11 is 1.51. The quantitative estimate of drug-likeness (QED) is 0.697. The van der Waals surface area contributed by atoms with Crippen LogP contribution in [0, 0.1) is 11.8 Å². The van der Waals surface area contributed by atoms with Gasteiger partial charge in [0.15, 0.2) is 0 Å². The van der Waals surface area contributed by atoms with Crippen LogP contribution >= 0.6 is 11.3 Å².